The summed E-state index contributed by atoms with van der Waals surface area (Å²) in [5, 5.41) is 13.3. The summed E-state index contributed by atoms with van der Waals surface area (Å²) in [6, 6.07) is 13.0. The third-order valence-corrected chi connectivity index (χ3v) is 8.26. The van der Waals surface area contributed by atoms with E-state index in [-0.39, 0.29) is 48.3 Å². The number of rotatable bonds is 5. The maximum Gasteiger partial charge on any atom is 0.255 e. The van der Waals surface area contributed by atoms with Gasteiger partial charge in [0.15, 0.2) is 5.82 Å². The van der Waals surface area contributed by atoms with Gasteiger partial charge in [-0.05, 0) is 43.0 Å². The number of likely N-dealkylation sites (tertiary alicyclic amines) is 1. The number of amides is 3. The van der Waals surface area contributed by atoms with E-state index in [0.717, 1.165) is 5.56 Å². The number of carbonyl (C=O) groups is 3. The molecule has 10 heteroatoms. The maximum atomic E-state index is 15.8. The highest BCUT2D eigenvalue weighted by Gasteiger charge is 2.41. The fourth-order valence-electron chi connectivity index (χ4n) is 5.94. The molecular weight excluding hydrogens is 518 g/mol. The number of hydrogen-bond donors (Lipinski definition) is 2. The number of nitrogens with one attached hydrogen (secondary N) is 1. The Morgan fingerprint density at radius 3 is 2.42 bits per heavy atom. The molecule has 0 bridgehead atoms. The molecule has 6 rings (SSSR count). The van der Waals surface area contributed by atoms with E-state index in [4.69, 9.17) is 0 Å². The van der Waals surface area contributed by atoms with Gasteiger partial charge in [0.05, 0.1) is 12.1 Å². The summed E-state index contributed by atoms with van der Waals surface area (Å²) in [7, 11) is 0. The minimum atomic E-state index is -0.924. The van der Waals surface area contributed by atoms with E-state index in [0.29, 0.717) is 31.5 Å². The second-order valence-electron chi connectivity index (χ2n) is 10.7. The molecule has 0 radical (unpaired) electrons. The van der Waals surface area contributed by atoms with Crippen LogP contribution in [0, 0.1) is 11.6 Å². The van der Waals surface area contributed by atoms with Crippen molar-refractivity contribution in [3.05, 3.63) is 88.6 Å². The summed E-state index contributed by atoms with van der Waals surface area (Å²) >= 11 is 0. The molecule has 40 heavy (non-hydrogen) atoms. The van der Waals surface area contributed by atoms with Crippen LogP contribution >= 0.6 is 0 Å². The summed E-state index contributed by atoms with van der Waals surface area (Å²) in [5.41, 5.74) is 0.282. The number of carbonyl (C=O) groups excluding carboxylic acids is 3. The minimum absolute atomic E-state index is 0.0619. The van der Waals surface area contributed by atoms with Crippen LogP contribution in [0.1, 0.15) is 52.7 Å². The molecule has 1 unspecified atom stereocenters. The van der Waals surface area contributed by atoms with Gasteiger partial charge in [-0.15, -0.1) is 0 Å². The zero-order valence-electron chi connectivity index (χ0n) is 21.7. The number of pyridine rings is 1. The van der Waals surface area contributed by atoms with Crippen LogP contribution in [0.25, 0.3) is 11.3 Å². The Hall–Kier alpha value is -4.02. The molecule has 3 aliphatic rings. The highest BCUT2D eigenvalue weighted by atomic mass is 19.1. The van der Waals surface area contributed by atoms with Crippen LogP contribution in [0.4, 0.5) is 8.78 Å². The Labute approximate surface area is 229 Å². The first-order valence-electron chi connectivity index (χ1n) is 13.4. The first-order valence-corrected chi connectivity index (χ1v) is 13.4. The maximum absolute atomic E-state index is 15.8. The monoisotopic (exact) mass is 546 g/mol. The van der Waals surface area contributed by atoms with Crippen molar-refractivity contribution in [2.45, 2.75) is 50.4 Å². The van der Waals surface area contributed by atoms with Crippen LogP contribution in [-0.4, -0.2) is 56.7 Å². The fraction of sp³-hybridized carbons (Fsp3) is 0.333. The van der Waals surface area contributed by atoms with Crippen molar-refractivity contribution >= 4 is 17.7 Å². The molecule has 1 atom stereocenters. The van der Waals surface area contributed by atoms with Crippen LogP contribution in [0.15, 0.2) is 54.7 Å². The predicted molar refractivity (Wildman–Crippen MR) is 140 cm³/mol. The van der Waals surface area contributed by atoms with Gasteiger partial charge >= 0.3 is 0 Å². The van der Waals surface area contributed by atoms with Crippen molar-refractivity contribution < 1.29 is 28.3 Å². The first-order chi connectivity index (χ1) is 19.2. The van der Waals surface area contributed by atoms with E-state index in [1.165, 1.54) is 23.2 Å². The van der Waals surface area contributed by atoms with Crippen molar-refractivity contribution in [3.63, 3.8) is 0 Å². The molecular formula is C30H28F2N4O4. The number of benzene rings is 2. The quantitative estimate of drug-likeness (QED) is 0.477. The van der Waals surface area contributed by atoms with Crippen molar-refractivity contribution in [1.29, 1.82) is 0 Å². The van der Waals surface area contributed by atoms with Crippen molar-refractivity contribution in [2.75, 3.05) is 13.1 Å². The zero-order chi connectivity index (χ0) is 28.0. The average molecular weight is 547 g/mol. The lowest BCUT2D eigenvalue weighted by Crippen LogP contribution is -2.52. The molecule has 3 amide bonds. The molecule has 0 spiro atoms. The molecule has 8 nitrogen and oxygen atoms in total. The molecule has 1 aromatic heterocycles. The predicted octanol–water partition coefficient (Wildman–Crippen LogP) is 3.27. The Kier molecular flexibility index (Phi) is 6.67. The number of fused-ring (bicyclic) bond motifs is 1. The summed E-state index contributed by atoms with van der Waals surface area (Å²) in [4.78, 5) is 44.2. The lowest BCUT2D eigenvalue weighted by atomic mass is 9.84. The lowest BCUT2D eigenvalue weighted by molar-refractivity contribution is -0.136. The van der Waals surface area contributed by atoms with Gasteiger partial charge in [0.1, 0.15) is 17.6 Å². The summed E-state index contributed by atoms with van der Waals surface area (Å²) in [6.45, 7) is 1.25. The number of aromatic nitrogens is 1. The number of nitrogens with zero attached hydrogens (tertiary/aromatic N) is 3. The second-order valence-corrected chi connectivity index (χ2v) is 10.7. The highest BCUT2D eigenvalue weighted by molar-refractivity contribution is 6.05. The van der Waals surface area contributed by atoms with Crippen LogP contribution < -0.4 is 5.32 Å². The summed E-state index contributed by atoms with van der Waals surface area (Å²) in [5.74, 6) is -2.89. The van der Waals surface area contributed by atoms with Crippen LogP contribution in [0.2, 0.25) is 0 Å². The average Bonchev–Trinajstić information content (AvgIpc) is 3.29. The molecule has 206 valence electrons. The molecule has 3 aliphatic heterocycles. The highest BCUT2D eigenvalue weighted by Crippen LogP contribution is 2.36. The molecule has 4 heterocycles. The van der Waals surface area contributed by atoms with Gasteiger partial charge in [-0.25, -0.2) is 8.78 Å². The third kappa shape index (κ3) is 4.56. The van der Waals surface area contributed by atoms with Gasteiger partial charge in [0, 0.05) is 54.5 Å². The zero-order valence-corrected chi connectivity index (χ0v) is 21.7. The standard InChI is InChI=1S/C30H28F2N4O4/c31-25-18(16-35-14-11-30(40,12-15-35)19-4-2-1-3-5-19)10-13-33-27(25)21-7-6-20-22(26(21)32)17-36(29(20)39)23-8-9-24(37)34-28(23)38/h1-7,10,13,23,40H,8-9,11-12,14-17H2,(H,34,37,38). The Morgan fingerprint density at radius 1 is 0.975 bits per heavy atom. The molecule has 2 N–H and O–H groups in total. The van der Waals surface area contributed by atoms with Gasteiger partial charge in [-0.2, -0.15) is 0 Å². The van der Waals surface area contributed by atoms with Crippen LogP contribution in [0.5, 0.6) is 0 Å². The van der Waals surface area contributed by atoms with Crippen LogP contribution in [-0.2, 0) is 28.3 Å². The van der Waals surface area contributed by atoms with E-state index in [9.17, 15) is 19.5 Å². The SMILES string of the molecule is O=C1CCC(N2Cc3c(ccc(-c4nccc(CN5CCC(O)(c6ccccc6)CC5)c4F)c3F)C2=O)C(=O)N1. The molecule has 0 saturated carbocycles. The van der Waals surface area contributed by atoms with Crippen molar-refractivity contribution in [2.24, 2.45) is 0 Å². The second kappa shape index (κ2) is 10.2. The molecule has 2 saturated heterocycles. The normalized spacial score (nSPS) is 20.9. The van der Waals surface area contributed by atoms with E-state index in [1.54, 1.807) is 6.07 Å². The summed E-state index contributed by atoms with van der Waals surface area (Å²) < 4.78 is 31.5. The van der Waals surface area contributed by atoms with Crippen molar-refractivity contribution in [3.8, 4) is 11.3 Å². The fourth-order valence-corrected chi connectivity index (χ4v) is 5.94. The van der Waals surface area contributed by atoms with Gasteiger partial charge in [0.25, 0.3) is 5.91 Å². The first kappa shape index (κ1) is 26.2. The lowest BCUT2D eigenvalue weighted by Gasteiger charge is -2.38. The number of piperidine rings is 2. The van der Waals surface area contributed by atoms with E-state index in [1.807, 2.05) is 30.3 Å². The Bertz CT molecular complexity index is 1510. The van der Waals surface area contributed by atoms with Crippen LogP contribution in [0.3, 0.4) is 0 Å². The van der Waals surface area contributed by atoms with Gasteiger partial charge in [-0.1, -0.05) is 30.3 Å². The number of halogens is 2. The molecule has 3 aromatic rings. The molecule has 0 aliphatic carbocycles. The molecule has 2 fully saturated rings. The number of imide groups is 1. The Morgan fingerprint density at radius 2 is 1.70 bits per heavy atom. The van der Waals surface area contributed by atoms with Gasteiger partial charge in [-0.3, -0.25) is 29.6 Å². The largest absolute Gasteiger partial charge is 0.385 e. The molecule has 2 aromatic carbocycles. The summed E-state index contributed by atoms with van der Waals surface area (Å²) in [6.07, 6.45) is 2.71. The topological polar surface area (TPSA) is 103 Å². The van der Waals surface area contributed by atoms with Gasteiger partial charge in [0.2, 0.25) is 11.8 Å². The minimum Gasteiger partial charge on any atom is -0.385 e. The smallest absolute Gasteiger partial charge is 0.255 e. The Balaban J connectivity index is 1.20. The van der Waals surface area contributed by atoms with E-state index >= 15 is 8.78 Å². The van der Waals surface area contributed by atoms with E-state index in [2.05, 4.69) is 15.2 Å². The van der Waals surface area contributed by atoms with E-state index < -0.39 is 41.0 Å². The number of aliphatic hydroxyl groups is 1. The third-order valence-electron chi connectivity index (χ3n) is 8.26. The number of hydrogen-bond acceptors (Lipinski definition) is 6. The van der Waals surface area contributed by atoms with Gasteiger partial charge < -0.3 is 10.0 Å². The van der Waals surface area contributed by atoms with Crippen molar-refractivity contribution in [1.82, 2.24) is 20.1 Å².